The van der Waals surface area contributed by atoms with E-state index >= 15 is 0 Å². The summed E-state index contributed by atoms with van der Waals surface area (Å²) in [5.41, 5.74) is 4.59. The Morgan fingerprint density at radius 3 is 2.60 bits per heavy atom. The first-order valence-corrected chi connectivity index (χ1v) is 10.3. The van der Waals surface area contributed by atoms with Crippen LogP contribution >= 0.6 is 0 Å². The highest BCUT2D eigenvalue weighted by atomic mass is 19.1. The van der Waals surface area contributed by atoms with Crippen molar-refractivity contribution in [3.63, 3.8) is 0 Å². The molecule has 5 nitrogen and oxygen atoms in total. The van der Waals surface area contributed by atoms with Crippen LogP contribution in [0.3, 0.4) is 0 Å². The van der Waals surface area contributed by atoms with Gasteiger partial charge in [0.05, 0.1) is 16.7 Å². The molecule has 0 amide bonds. The van der Waals surface area contributed by atoms with Crippen LogP contribution in [0, 0.1) is 5.82 Å². The molecule has 0 bridgehead atoms. The van der Waals surface area contributed by atoms with Crippen LogP contribution in [0.2, 0.25) is 0 Å². The third kappa shape index (κ3) is 3.66. The molecule has 0 atom stereocenters. The average molecular weight is 402 g/mol. The fourth-order valence-corrected chi connectivity index (χ4v) is 4.41. The number of imidazole rings is 1. The molecular formula is C24H23FN4O. The molecule has 4 aromatic rings. The minimum Gasteiger partial charge on any atom is -0.305 e. The van der Waals surface area contributed by atoms with Gasteiger partial charge in [0.15, 0.2) is 0 Å². The van der Waals surface area contributed by atoms with Crippen molar-refractivity contribution in [2.75, 3.05) is 13.1 Å². The monoisotopic (exact) mass is 402 g/mol. The Morgan fingerprint density at radius 2 is 1.80 bits per heavy atom. The number of rotatable bonds is 4. The zero-order valence-corrected chi connectivity index (χ0v) is 16.6. The van der Waals surface area contributed by atoms with E-state index in [2.05, 4.69) is 33.1 Å². The largest absolute Gasteiger partial charge is 0.326 e. The van der Waals surface area contributed by atoms with Gasteiger partial charge in [-0.25, -0.2) is 9.18 Å². The molecule has 0 saturated carbocycles. The summed E-state index contributed by atoms with van der Waals surface area (Å²) in [5, 5.41) is 0. The lowest BCUT2D eigenvalue weighted by Gasteiger charge is -2.32. The highest BCUT2D eigenvalue weighted by Gasteiger charge is 2.24. The number of H-pyrrole nitrogens is 1. The minimum absolute atomic E-state index is 0.122. The van der Waals surface area contributed by atoms with Crippen molar-refractivity contribution >= 4 is 11.0 Å². The van der Waals surface area contributed by atoms with Gasteiger partial charge in [-0.3, -0.25) is 14.5 Å². The molecule has 152 valence electrons. The Balaban J connectivity index is 1.28. The van der Waals surface area contributed by atoms with Crippen molar-refractivity contribution in [2.45, 2.75) is 25.4 Å². The zero-order valence-electron chi connectivity index (χ0n) is 16.6. The summed E-state index contributed by atoms with van der Waals surface area (Å²) in [5.74, 6) is -0.337. The number of benzene rings is 2. The van der Waals surface area contributed by atoms with Crippen LogP contribution in [0.25, 0.3) is 22.2 Å². The SMILES string of the molecule is O=c1[nH]c2cc(F)ccc2n1C1CCN(Cc2cc(-c3ccccc3)ccn2)CC1. The lowest BCUT2D eigenvalue weighted by molar-refractivity contribution is 0.178. The summed E-state index contributed by atoms with van der Waals surface area (Å²) in [7, 11) is 0. The Labute approximate surface area is 173 Å². The number of nitrogens with zero attached hydrogens (tertiary/aromatic N) is 3. The number of halogens is 1. The van der Waals surface area contributed by atoms with Crippen LogP contribution in [0.5, 0.6) is 0 Å². The number of pyridine rings is 1. The number of aromatic amines is 1. The van der Waals surface area contributed by atoms with Crippen LogP contribution in [-0.2, 0) is 6.54 Å². The Morgan fingerprint density at radius 1 is 1.00 bits per heavy atom. The van der Waals surface area contributed by atoms with E-state index in [1.165, 1.54) is 23.3 Å². The third-order valence-electron chi connectivity index (χ3n) is 5.91. The first-order valence-electron chi connectivity index (χ1n) is 10.3. The first kappa shape index (κ1) is 18.8. The standard InChI is InChI=1S/C24H23FN4O/c25-19-6-7-23-22(15-19)27-24(30)29(23)21-9-12-28(13-10-21)16-20-14-18(8-11-26-20)17-4-2-1-3-5-17/h1-8,11,14-15,21H,9-10,12-13,16H2,(H,27,30). The molecule has 0 unspecified atom stereocenters. The quantitative estimate of drug-likeness (QED) is 0.552. The molecule has 2 aromatic heterocycles. The van der Waals surface area contributed by atoms with Gasteiger partial charge in [-0.1, -0.05) is 30.3 Å². The molecule has 1 saturated heterocycles. The molecule has 0 spiro atoms. The topological polar surface area (TPSA) is 53.9 Å². The van der Waals surface area contributed by atoms with E-state index in [9.17, 15) is 9.18 Å². The van der Waals surface area contributed by atoms with E-state index in [1.54, 1.807) is 10.6 Å². The summed E-state index contributed by atoms with van der Waals surface area (Å²) in [4.78, 5) is 22.2. The Kier molecular flexibility index (Phi) is 4.93. The number of likely N-dealkylation sites (tertiary alicyclic amines) is 1. The molecule has 1 aliphatic rings. The van der Waals surface area contributed by atoms with Gasteiger partial charge >= 0.3 is 5.69 Å². The van der Waals surface area contributed by atoms with Crippen LogP contribution in [0.15, 0.2) is 71.7 Å². The normalized spacial score (nSPS) is 15.6. The second-order valence-corrected chi connectivity index (χ2v) is 7.87. The molecule has 5 rings (SSSR count). The van der Waals surface area contributed by atoms with Gasteiger partial charge in [0.2, 0.25) is 0 Å². The van der Waals surface area contributed by atoms with E-state index in [0.717, 1.165) is 43.7 Å². The number of hydrogen-bond acceptors (Lipinski definition) is 3. The third-order valence-corrected chi connectivity index (χ3v) is 5.91. The number of piperidine rings is 1. The predicted octanol–water partition coefficient (Wildman–Crippen LogP) is 4.37. The second-order valence-electron chi connectivity index (χ2n) is 7.87. The Bertz CT molecular complexity index is 1220. The van der Waals surface area contributed by atoms with Gasteiger partial charge in [-0.15, -0.1) is 0 Å². The zero-order chi connectivity index (χ0) is 20.5. The first-order chi connectivity index (χ1) is 14.7. The molecule has 1 aliphatic heterocycles. The van der Waals surface area contributed by atoms with Crippen LogP contribution < -0.4 is 5.69 Å². The van der Waals surface area contributed by atoms with E-state index in [1.807, 2.05) is 30.5 Å². The van der Waals surface area contributed by atoms with Gasteiger partial charge in [0.1, 0.15) is 5.82 Å². The van der Waals surface area contributed by atoms with Crippen molar-refractivity contribution in [1.82, 2.24) is 19.4 Å². The highest BCUT2D eigenvalue weighted by Crippen LogP contribution is 2.26. The molecule has 0 radical (unpaired) electrons. The molecule has 6 heteroatoms. The second kappa shape index (κ2) is 7.88. The van der Waals surface area contributed by atoms with Crippen molar-refractivity contribution in [3.8, 4) is 11.1 Å². The van der Waals surface area contributed by atoms with Gasteiger partial charge in [-0.05, 0) is 54.3 Å². The van der Waals surface area contributed by atoms with Crippen molar-refractivity contribution in [1.29, 1.82) is 0 Å². The number of aromatic nitrogens is 3. The van der Waals surface area contributed by atoms with Gasteiger partial charge in [0.25, 0.3) is 0 Å². The average Bonchev–Trinajstić information content (AvgIpc) is 3.10. The van der Waals surface area contributed by atoms with Crippen molar-refractivity contribution < 1.29 is 4.39 Å². The van der Waals surface area contributed by atoms with Gasteiger partial charge in [0, 0.05) is 31.9 Å². The van der Waals surface area contributed by atoms with Crippen molar-refractivity contribution in [2.24, 2.45) is 0 Å². The molecule has 3 heterocycles. The predicted molar refractivity (Wildman–Crippen MR) is 116 cm³/mol. The fraction of sp³-hybridized carbons (Fsp3) is 0.250. The number of hydrogen-bond donors (Lipinski definition) is 1. The highest BCUT2D eigenvalue weighted by molar-refractivity contribution is 5.75. The molecule has 0 aliphatic carbocycles. The van der Waals surface area contributed by atoms with Crippen LogP contribution in [-0.4, -0.2) is 32.5 Å². The maximum atomic E-state index is 13.5. The smallest absolute Gasteiger partial charge is 0.305 e. The lowest BCUT2D eigenvalue weighted by atomic mass is 10.0. The van der Waals surface area contributed by atoms with E-state index < -0.39 is 0 Å². The minimum atomic E-state index is -0.337. The lowest BCUT2D eigenvalue weighted by Crippen LogP contribution is -2.36. The summed E-state index contributed by atoms with van der Waals surface area (Å²) >= 11 is 0. The Hall–Kier alpha value is -3.25. The maximum absolute atomic E-state index is 13.5. The maximum Gasteiger partial charge on any atom is 0.326 e. The molecule has 1 N–H and O–H groups in total. The summed E-state index contributed by atoms with van der Waals surface area (Å²) < 4.78 is 15.3. The van der Waals surface area contributed by atoms with Crippen molar-refractivity contribution in [3.05, 3.63) is 88.9 Å². The molecule has 2 aromatic carbocycles. The van der Waals surface area contributed by atoms with E-state index in [0.29, 0.717) is 5.52 Å². The fourth-order valence-electron chi connectivity index (χ4n) is 4.41. The van der Waals surface area contributed by atoms with Crippen LogP contribution in [0.1, 0.15) is 24.6 Å². The van der Waals surface area contributed by atoms with Gasteiger partial charge < -0.3 is 4.98 Å². The number of nitrogens with one attached hydrogen (secondary N) is 1. The number of fused-ring (bicyclic) bond motifs is 1. The van der Waals surface area contributed by atoms with E-state index in [4.69, 9.17) is 0 Å². The molecule has 1 fully saturated rings. The van der Waals surface area contributed by atoms with Gasteiger partial charge in [-0.2, -0.15) is 0 Å². The molecule has 30 heavy (non-hydrogen) atoms. The van der Waals surface area contributed by atoms with Crippen LogP contribution in [0.4, 0.5) is 4.39 Å². The molecular weight excluding hydrogens is 379 g/mol. The summed E-state index contributed by atoms with van der Waals surface area (Å²) in [6.07, 6.45) is 3.63. The van der Waals surface area contributed by atoms with E-state index in [-0.39, 0.29) is 17.5 Å². The summed E-state index contributed by atoms with van der Waals surface area (Å²) in [6, 6.07) is 19.1. The summed E-state index contributed by atoms with van der Waals surface area (Å²) in [6.45, 7) is 2.58.